The zero-order valence-corrected chi connectivity index (χ0v) is 9.41. The predicted octanol–water partition coefficient (Wildman–Crippen LogP) is 2.61. The van der Waals surface area contributed by atoms with Gasteiger partial charge in [-0.1, -0.05) is 18.5 Å². The Morgan fingerprint density at radius 1 is 1.69 bits per heavy atom. The van der Waals surface area contributed by atoms with Crippen molar-refractivity contribution >= 4 is 22.9 Å². The summed E-state index contributed by atoms with van der Waals surface area (Å²) in [6, 6.07) is 1.87. The number of halogens is 1. The molecular weight excluding hydrogens is 206 g/mol. The summed E-state index contributed by atoms with van der Waals surface area (Å²) in [6.45, 7) is 2.54. The first-order chi connectivity index (χ1) is 6.14. The van der Waals surface area contributed by atoms with E-state index in [1.165, 1.54) is 0 Å². The molecule has 4 heteroatoms. The first-order valence-corrected chi connectivity index (χ1v) is 5.41. The molecule has 2 N–H and O–H groups in total. The van der Waals surface area contributed by atoms with Gasteiger partial charge >= 0.3 is 0 Å². The van der Waals surface area contributed by atoms with Crippen molar-refractivity contribution in [2.45, 2.75) is 18.9 Å². The van der Waals surface area contributed by atoms with Crippen LogP contribution in [0, 0.1) is 0 Å². The number of nitrogens with two attached hydrogens (primary N) is 1. The molecule has 2 nitrogen and oxygen atoms in total. The second-order valence-corrected chi connectivity index (χ2v) is 4.36. The Labute approximate surface area is 87.7 Å². The van der Waals surface area contributed by atoms with Crippen LogP contribution < -0.4 is 5.73 Å². The van der Waals surface area contributed by atoms with E-state index in [1.54, 1.807) is 18.4 Å². The van der Waals surface area contributed by atoms with Gasteiger partial charge in [0, 0.05) is 12.0 Å². The first-order valence-electron chi connectivity index (χ1n) is 4.15. The van der Waals surface area contributed by atoms with Gasteiger partial charge in [-0.25, -0.2) is 0 Å². The van der Waals surface area contributed by atoms with Crippen molar-refractivity contribution in [3.05, 3.63) is 21.3 Å². The maximum absolute atomic E-state index is 6.18. The molecule has 1 aromatic rings. The van der Waals surface area contributed by atoms with Gasteiger partial charge in [0.2, 0.25) is 0 Å². The third-order valence-corrected chi connectivity index (χ3v) is 3.66. The van der Waals surface area contributed by atoms with Gasteiger partial charge in [0.25, 0.3) is 0 Å². The van der Waals surface area contributed by atoms with Crippen molar-refractivity contribution in [1.29, 1.82) is 0 Å². The summed E-state index contributed by atoms with van der Waals surface area (Å²) in [6.07, 6.45) is 0.821. The lowest BCUT2D eigenvalue weighted by Crippen LogP contribution is -2.39. The zero-order chi connectivity index (χ0) is 9.90. The molecule has 1 heterocycles. The molecular formula is C9H14ClNOS. The smallest absolute Gasteiger partial charge is 0.0752 e. The molecule has 1 unspecified atom stereocenters. The van der Waals surface area contributed by atoms with Crippen molar-refractivity contribution in [3.63, 3.8) is 0 Å². The van der Waals surface area contributed by atoms with E-state index in [4.69, 9.17) is 22.1 Å². The molecule has 0 spiro atoms. The largest absolute Gasteiger partial charge is 0.382 e. The van der Waals surface area contributed by atoms with Crippen LogP contribution in [0.5, 0.6) is 0 Å². The van der Waals surface area contributed by atoms with Gasteiger partial charge in [0.15, 0.2) is 0 Å². The molecule has 0 radical (unpaired) electrons. The Kier molecular flexibility index (Phi) is 3.74. The Balaban J connectivity index is 2.95. The van der Waals surface area contributed by atoms with Crippen molar-refractivity contribution < 1.29 is 4.74 Å². The molecule has 1 atom stereocenters. The van der Waals surface area contributed by atoms with E-state index >= 15 is 0 Å². The van der Waals surface area contributed by atoms with E-state index in [2.05, 4.69) is 0 Å². The van der Waals surface area contributed by atoms with Crippen LogP contribution in [-0.2, 0) is 10.3 Å². The minimum absolute atomic E-state index is 0.431. The highest BCUT2D eigenvalue weighted by atomic mass is 35.5. The van der Waals surface area contributed by atoms with Crippen molar-refractivity contribution in [1.82, 2.24) is 0 Å². The van der Waals surface area contributed by atoms with E-state index in [1.807, 2.05) is 18.4 Å². The Morgan fingerprint density at radius 3 is 2.77 bits per heavy atom. The second kappa shape index (κ2) is 4.42. The number of hydrogen-bond donors (Lipinski definition) is 1. The average Bonchev–Trinajstić information content (AvgIpc) is 2.52. The first kappa shape index (κ1) is 11.0. The van der Waals surface area contributed by atoms with Crippen LogP contribution in [0.25, 0.3) is 0 Å². The number of hydrogen-bond acceptors (Lipinski definition) is 3. The van der Waals surface area contributed by atoms with E-state index in [0.29, 0.717) is 6.61 Å². The Bertz CT molecular complexity index is 276. The van der Waals surface area contributed by atoms with Crippen molar-refractivity contribution in [2.75, 3.05) is 13.7 Å². The van der Waals surface area contributed by atoms with Gasteiger partial charge in [0.1, 0.15) is 0 Å². The summed E-state index contributed by atoms with van der Waals surface area (Å²) in [4.78, 5) is 1.01. The fraction of sp³-hybridized carbons (Fsp3) is 0.556. The summed E-state index contributed by atoms with van der Waals surface area (Å²) < 4.78 is 5.10. The normalized spacial score (nSPS) is 15.7. The highest BCUT2D eigenvalue weighted by molar-refractivity contribution is 7.10. The van der Waals surface area contributed by atoms with E-state index in [9.17, 15) is 0 Å². The third-order valence-electron chi connectivity index (χ3n) is 2.10. The summed E-state index contributed by atoms with van der Waals surface area (Å²) >= 11 is 7.60. The summed E-state index contributed by atoms with van der Waals surface area (Å²) in [5.74, 6) is 0. The van der Waals surface area contributed by atoms with Crippen LogP contribution in [-0.4, -0.2) is 13.7 Å². The molecule has 1 rings (SSSR count). The number of rotatable bonds is 4. The molecule has 0 fully saturated rings. The number of ether oxygens (including phenoxy) is 1. The topological polar surface area (TPSA) is 35.2 Å². The van der Waals surface area contributed by atoms with Gasteiger partial charge in [-0.3, -0.25) is 0 Å². The van der Waals surface area contributed by atoms with E-state index in [0.717, 1.165) is 16.3 Å². The molecule has 1 aromatic heterocycles. The fourth-order valence-corrected chi connectivity index (χ4v) is 2.65. The van der Waals surface area contributed by atoms with Gasteiger partial charge in [-0.15, -0.1) is 11.3 Å². The Morgan fingerprint density at radius 2 is 2.38 bits per heavy atom. The van der Waals surface area contributed by atoms with Crippen LogP contribution in [0.2, 0.25) is 5.02 Å². The number of thiophene rings is 1. The van der Waals surface area contributed by atoms with Gasteiger partial charge in [-0.05, 0) is 17.9 Å². The minimum atomic E-state index is -0.431. The molecule has 13 heavy (non-hydrogen) atoms. The lowest BCUT2D eigenvalue weighted by Gasteiger charge is -2.26. The second-order valence-electron chi connectivity index (χ2n) is 3.04. The maximum Gasteiger partial charge on any atom is 0.0752 e. The molecule has 0 saturated carbocycles. The lowest BCUT2D eigenvalue weighted by molar-refractivity contribution is 0.131. The molecule has 74 valence electrons. The highest BCUT2D eigenvalue weighted by Gasteiger charge is 2.28. The summed E-state index contributed by atoms with van der Waals surface area (Å²) in [5, 5.41) is 2.69. The van der Waals surface area contributed by atoms with Gasteiger partial charge in [-0.2, -0.15) is 0 Å². The molecule has 0 aliphatic heterocycles. The predicted molar refractivity (Wildman–Crippen MR) is 57.4 cm³/mol. The number of methoxy groups -OCH3 is 1. The molecule has 0 saturated heterocycles. The third kappa shape index (κ3) is 2.23. The molecule has 0 aliphatic carbocycles. The summed E-state index contributed by atoms with van der Waals surface area (Å²) in [5.41, 5.74) is 5.74. The fourth-order valence-electron chi connectivity index (χ4n) is 1.23. The Hall–Kier alpha value is -0.0900. The average molecular weight is 220 g/mol. The van der Waals surface area contributed by atoms with E-state index in [-0.39, 0.29) is 0 Å². The van der Waals surface area contributed by atoms with Gasteiger partial charge < -0.3 is 10.5 Å². The highest BCUT2D eigenvalue weighted by Crippen LogP contribution is 2.33. The lowest BCUT2D eigenvalue weighted by atomic mass is 9.97. The molecule has 0 bridgehead atoms. The SMILES string of the molecule is CCC(N)(COC)c1sccc1Cl. The minimum Gasteiger partial charge on any atom is -0.382 e. The van der Waals surface area contributed by atoms with Crippen molar-refractivity contribution in [3.8, 4) is 0 Å². The summed E-state index contributed by atoms with van der Waals surface area (Å²) in [7, 11) is 1.65. The van der Waals surface area contributed by atoms with Crippen LogP contribution >= 0.6 is 22.9 Å². The molecule has 0 aromatic carbocycles. The van der Waals surface area contributed by atoms with Gasteiger partial charge in [0.05, 0.1) is 17.2 Å². The van der Waals surface area contributed by atoms with Crippen LogP contribution in [0.15, 0.2) is 11.4 Å². The van der Waals surface area contributed by atoms with E-state index < -0.39 is 5.54 Å². The van der Waals surface area contributed by atoms with Crippen LogP contribution in [0.3, 0.4) is 0 Å². The quantitative estimate of drug-likeness (QED) is 0.845. The standard InChI is InChI=1S/C9H14ClNOS/c1-3-9(11,6-12-2)8-7(10)4-5-13-8/h4-5H,3,6,11H2,1-2H3. The molecule has 0 aliphatic rings. The monoisotopic (exact) mass is 219 g/mol. The van der Waals surface area contributed by atoms with Crippen LogP contribution in [0.1, 0.15) is 18.2 Å². The maximum atomic E-state index is 6.18. The van der Waals surface area contributed by atoms with Crippen molar-refractivity contribution in [2.24, 2.45) is 5.73 Å². The van der Waals surface area contributed by atoms with Crippen LogP contribution in [0.4, 0.5) is 0 Å². The zero-order valence-electron chi connectivity index (χ0n) is 7.84. The molecule has 0 amide bonds.